The van der Waals surface area contributed by atoms with Gasteiger partial charge < -0.3 is 50.0 Å². The normalized spacial score (nSPS) is 58.7. The van der Waals surface area contributed by atoms with Gasteiger partial charge in [-0.25, -0.2) is 0 Å². The van der Waals surface area contributed by atoms with Gasteiger partial charge in [0, 0.05) is 11.3 Å². The van der Waals surface area contributed by atoms with E-state index in [9.17, 15) is 35.7 Å². The third-order valence-corrected chi connectivity index (χ3v) is 15.3. The van der Waals surface area contributed by atoms with Crippen LogP contribution in [0.3, 0.4) is 0 Å². The lowest BCUT2D eigenvalue weighted by Crippen LogP contribution is -2.67. The molecule has 258 valence electrons. The SMILES string of the molecule is CC(C)(O)[C@@H]1CC[C@](C)([C@@H]2[C@H](O)C[C@]3(C)[C@H]4CC(C)(C)[C@@H]5C[C@H](O[C@H]6OC[C@H](O)[C@@H](O)[C@@H]6O)CC[C@]56C[C@]46C[C@H](O)[C@@]23CO)O1. The van der Waals surface area contributed by atoms with Crippen LogP contribution in [0.4, 0.5) is 0 Å². The Kier molecular flexibility index (Phi) is 7.42. The van der Waals surface area contributed by atoms with Crippen molar-refractivity contribution in [1.29, 1.82) is 0 Å². The third kappa shape index (κ3) is 4.23. The summed E-state index contributed by atoms with van der Waals surface area (Å²) in [6.45, 7) is 12.1. The molecule has 2 aliphatic heterocycles. The Morgan fingerprint density at radius 3 is 2.20 bits per heavy atom. The van der Waals surface area contributed by atoms with E-state index in [0.29, 0.717) is 31.6 Å². The van der Waals surface area contributed by atoms with Crippen LogP contribution in [0.15, 0.2) is 0 Å². The quantitative estimate of drug-likeness (QED) is 0.221. The summed E-state index contributed by atoms with van der Waals surface area (Å²) in [6.07, 6.45) is -0.000973. The van der Waals surface area contributed by atoms with Crippen LogP contribution in [-0.4, -0.2) is 109 Å². The van der Waals surface area contributed by atoms with Crippen molar-refractivity contribution in [2.24, 2.45) is 44.8 Å². The fourth-order valence-corrected chi connectivity index (χ4v) is 13.3. The van der Waals surface area contributed by atoms with Crippen LogP contribution in [0.25, 0.3) is 0 Å². The number of aliphatic hydroxyl groups excluding tert-OH is 6. The number of hydrogen-bond acceptors (Lipinski definition) is 10. The molecule has 5 saturated carbocycles. The minimum absolute atomic E-state index is 0.0232. The lowest BCUT2D eigenvalue weighted by atomic mass is 9.39. The van der Waals surface area contributed by atoms with Crippen molar-refractivity contribution in [3.63, 3.8) is 0 Å². The molecule has 0 aromatic rings. The zero-order valence-electron chi connectivity index (χ0n) is 28.0. The maximum Gasteiger partial charge on any atom is 0.186 e. The van der Waals surface area contributed by atoms with Gasteiger partial charge >= 0.3 is 0 Å². The number of fused-ring (bicyclic) bond motifs is 2. The van der Waals surface area contributed by atoms with E-state index in [-0.39, 0.29) is 47.6 Å². The number of rotatable bonds is 5. The first-order valence-corrected chi connectivity index (χ1v) is 17.5. The maximum atomic E-state index is 12.4. The van der Waals surface area contributed by atoms with Crippen molar-refractivity contribution in [3.05, 3.63) is 0 Å². The summed E-state index contributed by atoms with van der Waals surface area (Å²) in [6, 6.07) is 0. The summed E-state index contributed by atoms with van der Waals surface area (Å²) in [7, 11) is 0. The number of aliphatic hydroxyl groups is 7. The number of ether oxygens (including phenoxy) is 3. The highest BCUT2D eigenvalue weighted by Crippen LogP contribution is 2.90. The molecule has 5 aliphatic carbocycles. The van der Waals surface area contributed by atoms with Crippen LogP contribution in [0.2, 0.25) is 0 Å². The molecular weight excluding hydrogens is 580 g/mol. The topological polar surface area (TPSA) is 169 Å². The molecule has 2 spiro atoms. The van der Waals surface area contributed by atoms with Crippen molar-refractivity contribution in [2.45, 2.75) is 160 Å². The van der Waals surface area contributed by atoms with E-state index in [4.69, 9.17) is 14.2 Å². The molecule has 0 bridgehead atoms. The summed E-state index contributed by atoms with van der Waals surface area (Å²) in [5.74, 6) is 0.0633. The Bertz CT molecular complexity index is 1170. The zero-order chi connectivity index (χ0) is 32.8. The Hall–Kier alpha value is -0.400. The van der Waals surface area contributed by atoms with Gasteiger partial charge in [-0.1, -0.05) is 20.8 Å². The highest BCUT2D eigenvalue weighted by molar-refractivity contribution is 5.34. The van der Waals surface area contributed by atoms with Gasteiger partial charge in [0.2, 0.25) is 0 Å². The van der Waals surface area contributed by atoms with Gasteiger partial charge in [-0.3, -0.25) is 0 Å². The lowest BCUT2D eigenvalue weighted by Gasteiger charge is -2.66. The second-order valence-corrected chi connectivity index (χ2v) is 18.3. The van der Waals surface area contributed by atoms with Gasteiger partial charge in [0.25, 0.3) is 0 Å². The number of hydrogen-bond donors (Lipinski definition) is 7. The summed E-state index contributed by atoms with van der Waals surface area (Å²) < 4.78 is 18.5. The molecule has 2 saturated heterocycles. The predicted molar refractivity (Wildman–Crippen MR) is 163 cm³/mol. The first-order chi connectivity index (χ1) is 20.8. The lowest BCUT2D eigenvalue weighted by molar-refractivity contribution is -0.291. The molecule has 7 rings (SSSR count). The van der Waals surface area contributed by atoms with Gasteiger partial charge in [-0.15, -0.1) is 0 Å². The maximum absolute atomic E-state index is 12.4. The smallest absolute Gasteiger partial charge is 0.186 e. The molecule has 16 atom stereocenters. The Morgan fingerprint density at radius 2 is 1.56 bits per heavy atom. The summed E-state index contributed by atoms with van der Waals surface area (Å²) in [5.41, 5.74) is -3.40. The van der Waals surface area contributed by atoms with Crippen LogP contribution in [0, 0.1) is 44.8 Å². The highest BCUT2D eigenvalue weighted by Gasteiger charge is 2.86. The molecule has 10 heteroatoms. The molecule has 2 heterocycles. The largest absolute Gasteiger partial charge is 0.396 e. The zero-order valence-corrected chi connectivity index (χ0v) is 28.0. The van der Waals surface area contributed by atoms with Crippen molar-refractivity contribution in [2.75, 3.05) is 13.2 Å². The summed E-state index contributed by atoms with van der Waals surface area (Å²) in [4.78, 5) is 0. The van der Waals surface area contributed by atoms with Crippen LogP contribution in [0.5, 0.6) is 0 Å². The second kappa shape index (κ2) is 10.1. The van der Waals surface area contributed by atoms with Crippen LogP contribution < -0.4 is 0 Å². The van der Waals surface area contributed by atoms with E-state index in [1.807, 2.05) is 6.92 Å². The fraction of sp³-hybridized carbons (Fsp3) is 1.00. The predicted octanol–water partition coefficient (Wildman–Crippen LogP) is 1.87. The first kappa shape index (κ1) is 33.1. The minimum atomic E-state index is -1.31. The highest BCUT2D eigenvalue weighted by atomic mass is 16.7. The van der Waals surface area contributed by atoms with E-state index < -0.39 is 64.8 Å². The molecule has 0 aromatic heterocycles. The van der Waals surface area contributed by atoms with E-state index >= 15 is 0 Å². The average molecular weight is 639 g/mol. The van der Waals surface area contributed by atoms with Crippen LogP contribution >= 0.6 is 0 Å². The van der Waals surface area contributed by atoms with E-state index in [1.165, 1.54) is 0 Å². The van der Waals surface area contributed by atoms with Crippen LogP contribution in [-0.2, 0) is 14.2 Å². The van der Waals surface area contributed by atoms with E-state index in [0.717, 1.165) is 32.1 Å². The molecule has 7 fully saturated rings. The molecule has 45 heavy (non-hydrogen) atoms. The fourth-order valence-electron chi connectivity index (χ4n) is 13.3. The monoisotopic (exact) mass is 638 g/mol. The van der Waals surface area contributed by atoms with Crippen molar-refractivity contribution < 1.29 is 50.0 Å². The van der Waals surface area contributed by atoms with E-state index in [2.05, 4.69) is 20.8 Å². The molecule has 0 radical (unpaired) electrons. The minimum Gasteiger partial charge on any atom is -0.396 e. The molecule has 7 aliphatic rings. The molecule has 10 nitrogen and oxygen atoms in total. The molecule has 7 N–H and O–H groups in total. The van der Waals surface area contributed by atoms with Gasteiger partial charge in [-0.2, -0.15) is 0 Å². The molecule has 0 aromatic carbocycles. The van der Waals surface area contributed by atoms with Crippen molar-refractivity contribution in [3.8, 4) is 0 Å². The molecular formula is C35H58O10. The van der Waals surface area contributed by atoms with Crippen molar-refractivity contribution in [1.82, 2.24) is 0 Å². The van der Waals surface area contributed by atoms with Crippen LogP contribution in [0.1, 0.15) is 99.3 Å². The Balaban J connectivity index is 1.18. The third-order valence-electron chi connectivity index (χ3n) is 15.3. The average Bonchev–Trinajstić information content (AvgIpc) is 3.23. The van der Waals surface area contributed by atoms with E-state index in [1.54, 1.807) is 13.8 Å². The molecule has 0 amide bonds. The summed E-state index contributed by atoms with van der Waals surface area (Å²) >= 11 is 0. The van der Waals surface area contributed by atoms with Gasteiger partial charge in [0.1, 0.15) is 18.3 Å². The van der Waals surface area contributed by atoms with Gasteiger partial charge in [0.15, 0.2) is 6.29 Å². The Morgan fingerprint density at radius 1 is 0.844 bits per heavy atom. The van der Waals surface area contributed by atoms with Crippen molar-refractivity contribution >= 4 is 0 Å². The van der Waals surface area contributed by atoms with Gasteiger partial charge in [0.05, 0.1) is 48.8 Å². The first-order valence-electron chi connectivity index (χ1n) is 17.5. The summed E-state index contributed by atoms with van der Waals surface area (Å²) in [5, 5.41) is 77.1. The van der Waals surface area contributed by atoms with Gasteiger partial charge in [-0.05, 0) is 112 Å². The second-order valence-electron chi connectivity index (χ2n) is 18.3. The standard InChI is InChI=1S/C35H58O10/c1-29(2)13-22-31(5)12-19(37)27(32(6)9-8-24(45-32)30(3,4)42)35(31,17-36)23(39)14-34(22)16-33(34)10-7-18(11-21(29)33)44-28-26(41)25(40)20(38)15-43-28/h18-28,36-42H,7-17H2,1-6H3/t18-,19-,20+,21+,22-,23+,24+,25-,26+,27+,28-,31-,32-,33+,34-,35+/m1/s1. The Labute approximate surface area is 267 Å². The molecule has 0 unspecified atom stereocenters.